The van der Waals surface area contributed by atoms with Gasteiger partial charge in [0.1, 0.15) is 0 Å². The highest BCUT2D eigenvalue weighted by molar-refractivity contribution is 7.14. The molecule has 1 amide bonds. The van der Waals surface area contributed by atoms with Crippen molar-refractivity contribution < 1.29 is 4.79 Å². The van der Waals surface area contributed by atoms with Gasteiger partial charge in [0.25, 0.3) is 5.91 Å². The van der Waals surface area contributed by atoms with Gasteiger partial charge in [0, 0.05) is 16.5 Å². The third kappa shape index (κ3) is 5.08. The van der Waals surface area contributed by atoms with E-state index in [0.29, 0.717) is 10.7 Å². The van der Waals surface area contributed by atoms with Crippen LogP contribution in [0.25, 0.3) is 22.4 Å². The zero-order chi connectivity index (χ0) is 22.5. The van der Waals surface area contributed by atoms with Crippen LogP contribution >= 0.6 is 11.3 Å². The summed E-state index contributed by atoms with van der Waals surface area (Å²) in [6.45, 7) is 0. The van der Waals surface area contributed by atoms with Crippen molar-refractivity contribution in [1.82, 2.24) is 4.98 Å². The second-order valence-electron chi connectivity index (χ2n) is 7.79. The molecule has 1 heterocycles. The molecule has 0 atom stereocenters. The zero-order valence-corrected chi connectivity index (χ0v) is 18.8. The van der Waals surface area contributed by atoms with E-state index < -0.39 is 0 Å². The molecule has 4 heteroatoms. The van der Waals surface area contributed by atoms with E-state index in [2.05, 4.69) is 58.8 Å². The van der Waals surface area contributed by atoms with Gasteiger partial charge < -0.3 is 0 Å². The molecule has 0 aliphatic rings. The lowest BCUT2D eigenvalue weighted by Crippen LogP contribution is -2.11. The highest BCUT2D eigenvalue weighted by Crippen LogP contribution is 2.28. The van der Waals surface area contributed by atoms with Gasteiger partial charge in [-0.05, 0) is 40.8 Å². The molecule has 0 radical (unpaired) electrons. The van der Waals surface area contributed by atoms with Gasteiger partial charge in [-0.15, -0.1) is 11.3 Å². The molecular formula is C29H22N2OS. The average Bonchev–Trinajstić information content (AvgIpc) is 3.34. The SMILES string of the molecule is O=C(Nc1nc(-c2ccc(-c3ccccc3)cc2)cs1)c1ccc(Cc2ccccc2)cc1. The largest absolute Gasteiger partial charge is 0.298 e. The summed E-state index contributed by atoms with van der Waals surface area (Å²) < 4.78 is 0. The van der Waals surface area contributed by atoms with Gasteiger partial charge in [-0.1, -0.05) is 97.1 Å². The molecule has 0 bridgehead atoms. The molecule has 5 rings (SSSR count). The third-order valence-electron chi connectivity index (χ3n) is 5.48. The van der Waals surface area contributed by atoms with E-state index >= 15 is 0 Å². The maximum atomic E-state index is 12.7. The second kappa shape index (κ2) is 9.63. The summed E-state index contributed by atoms with van der Waals surface area (Å²) in [5, 5.41) is 5.48. The Morgan fingerprint density at radius 3 is 1.94 bits per heavy atom. The number of rotatable bonds is 6. The van der Waals surface area contributed by atoms with Gasteiger partial charge in [0.2, 0.25) is 0 Å². The molecule has 160 valence electrons. The second-order valence-corrected chi connectivity index (χ2v) is 8.65. The van der Waals surface area contributed by atoms with Gasteiger partial charge in [-0.25, -0.2) is 4.98 Å². The standard InChI is InChI=1S/C29H22N2OS/c32-28(26-13-11-22(12-14-26)19-21-7-3-1-4-8-21)31-29-30-27(20-33-29)25-17-15-24(16-18-25)23-9-5-2-6-10-23/h1-18,20H,19H2,(H,30,31,32). The summed E-state index contributed by atoms with van der Waals surface area (Å²) in [6, 6.07) is 36.6. The van der Waals surface area contributed by atoms with Gasteiger partial charge >= 0.3 is 0 Å². The Hall–Kier alpha value is -4.02. The molecule has 1 N–H and O–H groups in total. The topological polar surface area (TPSA) is 42.0 Å². The molecule has 0 aliphatic carbocycles. The van der Waals surface area contributed by atoms with Crippen molar-refractivity contribution in [2.45, 2.75) is 6.42 Å². The Balaban J connectivity index is 1.23. The fourth-order valence-electron chi connectivity index (χ4n) is 3.70. The van der Waals surface area contributed by atoms with Crippen LogP contribution in [0.15, 0.2) is 115 Å². The van der Waals surface area contributed by atoms with E-state index in [1.807, 2.05) is 66.0 Å². The molecular weight excluding hydrogens is 424 g/mol. The van der Waals surface area contributed by atoms with Crippen LogP contribution in [0.4, 0.5) is 5.13 Å². The number of anilines is 1. The number of hydrogen-bond donors (Lipinski definition) is 1. The molecule has 4 aromatic carbocycles. The lowest BCUT2D eigenvalue weighted by Gasteiger charge is -2.05. The van der Waals surface area contributed by atoms with Crippen LogP contribution < -0.4 is 5.32 Å². The minimum absolute atomic E-state index is 0.151. The Morgan fingerprint density at radius 2 is 1.24 bits per heavy atom. The number of amides is 1. The number of benzene rings is 4. The first-order chi connectivity index (χ1) is 16.2. The molecule has 33 heavy (non-hydrogen) atoms. The van der Waals surface area contributed by atoms with E-state index in [1.54, 1.807) is 0 Å². The Bertz CT molecular complexity index is 1340. The number of hydrogen-bond acceptors (Lipinski definition) is 3. The number of nitrogens with zero attached hydrogens (tertiary/aromatic N) is 1. The van der Waals surface area contributed by atoms with Crippen molar-refractivity contribution in [2.75, 3.05) is 5.32 Å². The summed E-state index contributed by atoms with van der Waals surface area (Å²) >= 11 is 1.43. The number of nitrogens with one attached hydrogen (secondary N) is 1. The van der Waals surface area contributed by atoms with Crippen LogP contribution in [0.5, 0.6) is 0 Å². The van der Waals surface area contributed by atoms with Crippen LogP contribution in [0.2, 0.25) is 0 Å². The summed E-state index contributed by atoms with van der Waals surface area (Å²) in [4.78, 5) is 17.3. The zero-order valence-electron chi connectivity index (χ0n) is 17.9. The molecule has 5 aromatic rings. The lowest BCUT2D eigenvalue weighted by atomic mass is 10.0. The molecule has 0 spiro atoms. The molecule has 0 aliphatic heterocycles. The highest BCUT2D eigenvalue weighted by atomic mass is 32.1. The predicted octanol–water partition coefficient (Wildman–Crippen LogP) is 7.32. The van der Waals surface area contributed by atoms with Crippen molar-refractivity contribution in [3.8, 4) is 22.4 Å². The normalized spacial score (nSPS) is 10.7. The maximum absolute atomic E-state index is 12.7. The van der Waals surface area contributed by atoms with Gasteiger partial charge in [-0.2, -0.15) is 0 Å². The molecule has 0 saturated carbocycles. The minimum Gasteiger partial charge on any atom is -0.298 e. The summed E-state index contributed by atoms with van der Waals surface area (Å²) in [5.41, 5.74) is 7.28. The van der Waals surface area contributed by atoms with Crippen LogP contribution in [0.1, 0.15) is 21.5 Å². The number of aromatic nitrogens is 1. The smallest absolute Gasteiger partial charge is 0.257 e. The van der Waals surface area contributed by atoms with Crippen molar-refractivity contribution in [3.05, 3.63) is 131 Å². The van der Waals surface area contributed by atoms with E-state index in [9.17, 15) is 4.79 Å². The third-order valence-corrected chi connectivity index (χ3v) is 6.24. The Labute approximate surface area is 197 Å². The number of carbonyl (C=O) groups excluding carboxylic acids is 1. The first-order valence-electron chi connectivity index (χ1n) is 10.8. The maximum Gasteiger partial charge on any atom is 0.257 e. The van der Waals surface area contributed by atoms with Crippen molar-refractivity contribution in [2.24, 2.45) is 0 Å². The van der Waals surface area contributed by atoms with Crippen LogP contribution in [-0.4, -0.2) is 10.9 Å². The highest BCUT2D eigenvalue weighted by Gasteiger charge is 2.11. The van der Waals surface area contributed by atoms with Crippen LogP contribution in [0.3, 0.4) is 0 Å². The Kier molecular flexibility index (Phi) is 6.09. The Morgan fingerprint density at radius 1 is 0.667 bits per heavy atom. The number of carbonyl (C=O) groups is 1. The first kappa shape index (κ1) is 20.9. The van der Waals surface area contributed by atoms with Crippen LogP contribution in [0, 0.1) is 0 Å². The van der Waals surface area contributed by atoms with E-state index in [0.717, 1.165) is 17.7 Å². The molecule has 0 fully saturated rings. The summed E-state index contributed by atoms with van der Waals surface area (Å²) in [5.74, 6) is -0.151. The fourth-order valence-corrected chi connectivity index (χ4v) is 4.42. The van der Waals surface area contributed by atoms with Crippen molar-refractivity contribution in [3.63, 3.8) is 0 Å². The molecule has 0 saturated heterocycles. The molecule has 3 nitrogen and oxygen atoms in total. The lowest BCUT2D eigenvalue weighted by molar-refractivity contribution is 0.102. The van der Waals surface area contributed by atoms with E-state index in [1.165, 1.54) is 33.6 Å². The number of thiazole rings is 1. The summed E-state index contributed by atoms with van der Waals surface area (Å²) in [7, 11) is 0. The van der Waals surface area contributed by atoms with E-state index in [4.69, 9.17) is 0 Å². The minimum atomic E-state index is -0.151. The fraction of sp³-hybridized carbons (Fsp3) is 0.0345. The predicted molar refractivity (Wildman–Crippen MR) is 137 cm³/mol. The van der Waals surface area contributed by atoms with Gasteiger partial charge in [0.05, 0.1) is 5.69 Å². The van der Waals surface area contributed by atoms with Crippen molar-refractivity contribution >= 4 is 22.4 Å². The van der Waals surface area contributed by atoms with Crippen molar-refractivity contribution in [1.29, 1.82) is 0 Å². The quantitative estimate of drug-likeness (QED) is 0.297. The molecule has 1 aromatic heterocycles. The van der Waals surface area contributed by atoms with E-state index in [-0.39, 0.29) is 5.91 Å². The molecule has 0 unspecified atom stereocenters. The summed E-state index contributed by atoms with van der Waals surface area (Å²) in [6.07, 6.45) is 0.849. The average molecular weight is 447 g/mol. The monoisotopic (exact) mass is 446 g/mol. The first-order valence-corrected chi connectivity index (χ1v) is 11.7. The van der Waals surface area contributed by atoms with Gasteiger partial charge in [0.15, 0.2) is 5.13 Å². The van der Waals surface area contributed by atoms with Gasteiger partial charge in [-0.3, -0.25) is 10.1 Å². The van der Waals surface area contributed by atoms with Crippen LogP contribution in [-0.2, 0) is 6.42 Å².